The van der Waals surface area contributed by atoms with E-state index in [-0.39, 0.29) is 0 Å². The van der Waals surface area contributed by atoms with E-state index in [1.54, 1.807) is 12.1 Å². The molecular formula is C13H9N5O6. The van der Waals surface area contributed by atoms with Gasteiger partial charge in [-0.05, 0) is 17.7 Å². The summed E-state index contributed by atoms with van der Waals surface area (Å²) in [5.74, 6) is -2.02. The Morgan fingerprint density at radius 2 is 1.88 bits per heavy atom. The topological polar surface area (TPSA) is 161 Å². The number of nitro groups is 2. The van der Waals surface area contributed by atoms with E-state index in [4.69, 9.17) is 0 Å². The van der Waals surface area contributed by atoms with Crippen molar-refractivity contribution in [2.24, 2.45) is 5.10 Å². The number of amides is 1. The molecule has 0 saturated carbocycles. The molecule has 24 heavy (non-hydrogen) atoms. The third-order valence-corrected chi connectivity index (χ3v) is 2.81. The Balaban J connectivity index is 2.29. The first-order valence-electron chi connectivity index (χ1n) is 6.29. The van der Waals surface area contributed by atoms with Crippen LogP contribution in [0.4, 0.5) is 11.4 Å². The lowest BCUT2D eigenvalue weighted by molar-refractivity contribution is -0.394. The summed E-state index contributed by atoms with van der Waals surface area (Å²) in [5, 5.41) is 35.0. The van der Waals surface area contributed by atoms with Gasteiger partial charge in [0.1, 0.15) is 0 Å². The molecule has 11 nitrogen and oxygen atoms in total. The predicted molar refractivity (Wildman–Crippen MR) is 80.7 cm³/mol. The molecule has 0 unspecified atom stereocenters. The van der Waals surface area contributed by atoms with E-state index in [0.29, 0.717) is 11.6 Å². The monoisotopic (exact) mass is 331 g/mol. The first-order valence-corrected chi connectivity index (χ1v) is 6.29. The Morgan fingerprint density at radius 1 is 1.21 bits per heavy atom. The number of nitro benzene ring substituents is 2. The van der Waals surface area contributed by atoms with Crippen molar-refractivity contribution in [1.82, 2.24) is 10.4 Å². The molecule has 2 aromatic rings. The predicted octanol–water partition coefficient (Wildman–Crippen LogP) is 1.37. The molecule has 0 fully saturated rings. The normalized spacial score (nSPS) is 10.5. The second-order valence-corrected chi connectivity index (χ2v) is 4.35. The molecule has 0 aliphatic carbocycles. The minimum atomic E-state index is -1.04. The van der Waals surface area contributed by atoms with Crippen LogP contribution in [0, 0.1) is 20.2 Å². The van der Waals surface area contributed by atoms with Gasteiger partial charge in [-0.25, -0.2) is 5.43 Å². The van der Waals surface area contributed by atoms with Crippen molar-refractivity contribution in [3.63, 3.8) is 0 Å². The lowest BCUT2D eigenvalue weighted by atomic mass is 10.1. The number of hydrogen-bond acceptors (Lipinski definition) is 8. The Morgan fingerprint density at radius 3 is 2.46 bits per heavy atom. The number of aromatic nitrogens is 1. The second kappa shape index (κ2) is 6.91. The highest BCUT2D eigenvalue weighted by molar-refractivity contribution is 5.99. The van der Waals surface area contributed by atoms with Crippen molar-refractivity contribution < 1.29 is 19.7 Å². The van der Waals surface area contributed by atoms with E-state index >= 15 is 0 Å². The van der Waals surface area contributed by atoms with E-state index in [1.165, 1.54) is 18.6 Å². The number of hydrazone groups is 1. The molecule has 11 heteroatoms. The van der Waals surface area contributed by atoms with Gasteiger partial charge in [0.15, 0.2) is 0 Å². The number of nitrogens with one attached hydrogen (secondary N) is 1. The lowest BCUT2D eigenvalue weighted by Gasteiger charge is -2.04. The van der Waals surface area contributed by atoms with Crippen LogP contribution in [-0.2, 0) is 0 Å². The molecule has 0 spiro atoms. The van der Waals surface area contributed by atoms with Gasteiger partial charge >= 0.3 is 5.69 Å². The highest BCUT2D eigenvalue weighted by Crippen LogP contribution is 2.34. The van der Waals surface area contributed by atoms with Crippen molar-refractivity contribution in [3.05, 3.63) is 68.0 Å². The van der Waals surface area contributed by atoms with Gasteiger partial charge in [-0.1, -0.05) is 0 Å². The summed E-state index contributed by atoms with van der Waals surface area (Å²) in [6.45, 7) is 0. The smallest absolute Gasteiger partial charge is 0.318 e. The summed E-state index contributed by atoms with van der Waals surface area (Å²) in [6.07, 6.45) is 4.26. The van der Waals surface area contributed by atoms with Gasteiger partial charge in [-0.3, -0.25) is 30.0 Å². The van der Waals surface area contributed by atoms with Gasteiger partial charge in [-0.2, -0.15) is 5.10 Å². The number of non-ortho nitro benzene ring substituents is 1. The largest absolute Gasteiger partial charge is 0.502 e. The van der Waals surface area contributed by atoms with Crippen LogP contribution < -0.4 is 5.43 Å². The molecule has 2 N–H and O–H groups in total. The fraction of sp³-hybridized carbons (Fsp3) is 0. The fourth-order valence-corrected chi connectivity index (χ4v) is 1.70. The number of nitrogens with zero attached hydrogens (tertiary/aromatic N) is 4. The Kier molecular flexibility index (Phi) is 4.75. The third kappa shape index (κ3) is 3.65. The average molecular weight is 331 g/mol. The van der Waals surface area contributed by atoms with Crippen molar-refractivity contribution in [3.8, 4) is 5.75 Å². The molecule has 0 aliphatic heterocycles. The Hall–Kier alpha value is -3.89. The van der Waals surface area contributed by atoms with Gasteiger partial charge < -0.3 is 5.11 Å². The summed E-state index contributed by atoms with van der Waals surface area (Å²) in [4.78, 5) is 35.4. The van der Waals surface area contributed by atoms with E-state index in [2.05, 4.69) is 10.1 Å². The first kappa shape index (κ1) is 16.5. The lowest BCUT2D eigenvalue weighted by Crippen LogP contribution is -2.18. The van der Waals surface area contributed by atoms with E-state index in [9.17, 15) is 30.1 Å². The number of phenols is 1. The molecular weight excluding hydrogens is 322 g/mol. The van der Waals surface area contributed by atoms with Gasteiger partial charge in [0.05, 0.1) is 27.7 Å². The molecule has 0 bridgehead atoms. The van der Waals surface area contributed by atoms with Crippen LogP contribution in [0.25, 0.3) is 0 Å². The molecule has 0 aliphatic rings. The van der Waals surface area contributed by atoms with Crippen LogP contribution in [0.3, 0.4) is 0 Å². The number of hydrogen-bond donors (Lipinski definition) is 2. The van der Waals surface area contributed by atoms with Gasteiger partial charge in [-0.15, -0.1) is 0 Å². The third-order valence-electron chi connectivity index (χ3n) is 2.81. The zero-order valence-corrected chi connectivity index (χ0v) is 11.8. The number of carbonyl (C=O) groups excluding carboxylic acids is 1. The zero-order chi connectivity index (χ0) is 17.7. The Bertz CT molecular complexity index is 836. The van der Waals surface area contributed by atoms with Crippen LogP contribution in [0.5, 0.6) is 5.75 Å². The minimum absolute atomic E-state index is 0.562. The van der Waals surface area contributed by atoms with Gasteiger partial charge in [0.2, 0.25) is 5.75 Å². The summed E-state index contributed by atoms with van der Waals surface area (Å²) in [6, 6.07) is 4.49. The van der Waals surface area contributed by atoms with Crippen molar-refractivity contribution >= 4 is 23.5 Å². The second-order valence-electron chi connectivity index (χ2n) is 4.35. The van der Waals surface area contributed by atoms with Crippen LogP contribution in [0.1, 0.15) is 15.9 Å². The number of benzene rings is 1. The maximum Gasteiger partial charge on any atom is 0.318 e. The quantitative estimate of drug-likeness (QED) is 0.475. The van der Waals surface area contributed by atoms with Crippen molar-refractivity contribution in [2.75, 3.05) is 0 Å². The minimum Gasteiger partial charge on any atom is -0.502 e. The highest BCUT2D eigenvalue weighted by atomic mass is 16.6. The molecule has 2 rings (SSSR count). The highest BCUT2D eigenvalue weighted by Gasteiger charge is 2.27. The number of phenolic OH excluding ortho intramolecular Hbond substituents is 1. The summed E-state index contributed by atoms with van der Waals surface area (Å²) >= 11 is 0. The van der Waals surface area contributed by atoms with E-state index in [1.807, 2.05) is 5.43 Å². The van der Waals surface area contributed by atoms with Crippen molar-refractivity contribution in [2.45, 2.75) is 0 Å². The maximum atomic E-state index is 12.0. The molecule has 0 saturated heterocycles. The molecule has 0 radical (unpaired) electrons. The van der Waals surface area contributed by atoms with Crippen LogP contribution in [-0.4, -0.2) is 32.1 Å². The SMILES string of the molecule is O=C(N/N=C\c1ccncc1)c1cc([N+](=O)[O-])cc([N+](=O)[O-])c1O. The van der Waals surface area contributed by atoms with Crippen LogP contribution in [0.15, 0.2) is 41.8 Å². The molecule has 1 heterocycles. The van der Waals surface area contributed by atoms with Gasteiger partial charge in [0.25, 0.3) is 11.6 Å². The maximum absolute atomic E-state index is 12.0. The van der Waals surface area contributed by atoms with Crippen molar-refractivity contribution in [1.29, 1.82) is 0 Å². The molecule has 1 amide bonds. The Labute approximate surface area is 133 Å². The van der Waals surface area contributed by atoms with Gasteiger partial charge in [0, 0.05) is 18.5 Å². The van der Waals surface area contributed by atoms with E-state index < -0.39 is 38.4 Å². The number of carbonyl (C=O) groups is 1. The molecule has 1 aromatic carbocycles. The number of aromatic hydroxyl groups is 1. The summed E-state index contributed by atoms with van der Waals surface area (Å²) in [7, 11) is 0. The molecule has 122 valence electrons. The number of rotatable bonds is 5. The molecule has 0 atom stereocenters. The summed E-state index contributed by atoms with van der Waals surface area (Å²) in [5.41, 5.74) is 0.343. The standard InChI is InChI=1S/C13H9N5O6/c19-12-10(5-9(17(21)22)6-11(12)18(23)24)13(20)16-15-7-8-1-3-14-4-2-8/h1-7,19H,(H,16,20)/b15-7-. The average Bonchev–Trinajstić information content (AvgIpc) is 2.55. The number of pyridine rings is 1. The fourth-order valence-electron chi connectivity index (χ4n) is 1.70. The first-order chi connectivity index (χ1) is 11.4. The molecule has 1 aromatic heterocycles. The van der Waals surface area contributed by atoms with E-state index in [0.717, 1.165) is 6.07 Å². The zero-order valence-electron chi connectivity index (χ0n) is 11.8. The summed E-state index contributed by atoms with van der Waals surface area (Å²) < 4.78 is 0. The van der Waals surface area contributed by atoms with Crippen LogP contribution >= 0.6 is 0 Å². The van der Waals surface area contributed by atoms with Crippen LogP contribution in [0.2, 0.25) is 0 Å².